The fourth-order valence-electron chi connectivity index (χ4n) is 3.56. The first-order valence-electron chi connectivity index (χ1n) is 9.82. The van der Waals surface area contributed by atoms with Crippen molar-refractivity contribution >= 4 is 11.8 Å². The normalized spacial score (nSPS) is 19.3. The molecule has 0 heterocycles. The summed E-state index contributed by atoms with van der Waals surface area (Å²) in [4.78, 5) is 24.6. The van der Waals surface area contributed by atoms with E-state index in [-0.39, 0.29) is 23.7 Å². The van der Waals surface area contributed by atoms with Gasteiger partial charge in [-0.05, 0) is 50.2 Å². The Morgan fingerprint density at radius 2 is 1.56 bits per heavy atom. The van der Waals surface area contributed by atoms with E-state index < -0.39 is 0 Å². The number of para-hydroxylation sites is 1. The second kappa shape index (κ2) is 11.6. The summed E-state index contributed by atoms with van der Waals surface area (Å²) in [5, 5.41) is 6.00. The van der Waals surface area contributed by atoms with Crippen LogP contribution >= 0.6 is 0 Å². The first-order valence-corrected chi connectivity index (χ1v) is 9.82. The molecule has 1 saturated carbocycles. The number of nitrogens with one attached hydrogen (secondary N) is 2. The third kappa shape index (κ3) is 6.86. The van der Waals surface area contributed by atoms with Crippen molar-refractivity contribution in [3.8, 4) is 5.75 Å². The van der Waals surface area contributed by atoms with Crippen molar-refractivity contribution in [3.63, 3.8) is 0 Å². The van der Waals surface area contributed by atoms with Gasteiger partial charge >= 0.3 is 0 Å². The van der Waals surface area contributed by atoms with Crippen molar-refractivity contribution < 1.29 is 19.1 Å². The number of carbonyl (C=O) groups excluding carboxylic acids is 2. The number of hydrogen-bond donors (Lipinski definition) is 2. The molecular formula is C21H32N2O4. The first-order chi connectivity index (χ1) is 13.2. The van der Waals surface area contributed by atoms with E-state index in [0.717, 1.165) is 49.8 Å². The maximum Gasteiger partial charge on any atom is 0.223 e. The van der Waals surface area contributed by atoms with Gasteiger partial charge in [0.25, 0.3) is 0 Å². The fraction of sp³-hybridized carbons (Fsp3) is 0.619. The Morgan fingerprint density at radius 3 is 2.15 bits per heavy atom. The van der Waals surface area contributed by atoms with Crippen LogP contribution in [0.1, 0.15) is 37.7 Å². The lowest BCUT2D eigenvalue weighted by atomic mass is 9.81. The minimum absolute atomic E-state index is 0.0141. The van der Waals surface area contributed by atoms with E-state index in [1.54, 1.807) is 14.2 Å². The SMILES string of the molecule is COCCCNC(=O)C1CCC(C(=O)NCCc2ccccc2OC)CC1. The van der Waals surface area contributed by atoms with E-state index in [1.165, 1.54) is 0 Å². The second-order valence-corrected chi connectivity index (χ2v) is 7.04. The molecule has 6 nitrogen and oxygen atoms in total. The van der Waals surface area contributed by atoms with Gasteiger partial charge in [-0.1, -0.05) is 18.2 Å². The minimum Gasteiger partial charge on any atom is -0.496 e. The van der Waals surface area contributed by atoms with Gasteiger partial charge in [-0.3, -0.25) is 9.59 Å². The fourth-order valence-corrected chi connectivity index (χ4v) is 3.56. The number of methoxy groups -OCH3 is 2. The zero-order valence-corrected chi connectivity index (χ0v) is 16.5. The lowest BCUT2D eigenvalue weighted by Crippen LogP contribution is -2.38. The van der Waals surface area contributed by atoms with Crippen molar-refractivity contribution in [3.05, 3.63) is 29.8 Å². The molecule has 0 radical (unpaired) electrons. The first kappa shape index (κ1) is 21.2. The molecule has 27 heavy (non-hydrogen) atoms. The Morgan fingerprint density at radius 1 is 0.963 bits per heavy atom. The molecule has 0 saturated heterocycles. The summed E-state index contributed by atoms with van der Waals surface area (Å²) in [6.45, 7) is 1.90. The van der Waals surface area contributed by atoms with Crippen molar-refractivity contribution in [1.29, 1.82) is 0 Å². The average molecular weight is 376 g/mol. The predicted molar refractivity (Wildman–Crippen MR) is 105 cm³/mol. The lowest BCUT2D eigenvalue weighted by Gasteiger charge is -2.27. The van der Waals surface area contributed by atoms with E-state index in [2.05, 4.69) is 10.6 Å². The monoisotopic (exact) mass is 376 g/mol. The van der Waals surface area contributed by atoms with Crippen LogP contribution in [0.2, 0.25) is 0 Å². The average Bonchev–Trinajstić information content (AvgIpc) is 2.71. The molecule has 2 amide bonds. The molecule has 1 aliphatic rings. The van der Waals surface area contributed by atoms with Gasteiger partial charge in [0.15, 0.2) is 0 Å². The van der Waals surface area contributed by atoms with Crippen molar-refractivity contribution in [2.45, 2.75) is 38.5 Å². The second-order valence-electron chi connectivity index (χ2n) is 7.04. The lowest BCUT2D eigenvalue weighted by molar-refractivity contribution is -0.130. The molecule has 0 aromatic heterocycles. The maximum absolute atomic E-state index is 12.4. The van der Waals surface area contributed by atoms with Gasteiger partial charge in [0, 0.05) is 38.6 Å². The number of carbonyl (C=O) groups is 2. The zero-order valence-electron chi connectivity index (χ0n) is 16.5. The molecular weight excluding hydrogens is 344 g/mol. The predicted octanol–water partition coefficient (Wildman–Crippen LogP) is 2.31. The molecule has 1 aromatic carbocycles. The van der Waals surface area contributed by atoms with Gasteiger partial charge in [0.1, 0.15) is 5.75 Å². The van der Waals surface area contributed by atoms with Gasteiger partial charge in [-0.25, -0.2) is 0 Å². The van der Waals surface area contributed by atoms with Crippen LogP contribution in [0.4, 0.5) is 0 Å². The molecule has 0 atom stereocenters. The quantitative estimate of drug-likeness (QED) is 0.615. The molecule has 150 valence electrons. The molecule has 1 aliphatic carbocycles. The topological polar surface area (TPSA) is 76.7 Å². The van der Waals surface area contributed by atoms with Crippen LogP contribution < -0.4 is 15.4 Å². The summed E-state index contributed by atoms with van der Waals surface area (Å²) >= 11 is 0. The highest BCUT2D eigenvalue weighted by atomic mass is 16.5. The van der Waals surface area contributed by atoms with Crippen molar-refractivity contribution in [1.82, 2.24) is 10.6 Å². The Labute approximate surface area is 162 Å². The molecule has 2 rings (SSSR count). The summed E-state index contributed by atoms with van der Waals surface area (Å²) in [6, 6.07) is 7.86. The summed E-state index contributed by atoms with van der Waals surface area (Å²) in [5.74, 6) is 1.11. The molecule has 0 aliphatic heterocycles. The molecule has 6 heteroatoms. The van der Waals surface area contributed by atoms with Gasteiger partial charge < -0.3 is 20.1 Å². The number of ether oxygens (including phenoxy) is 2. The highest BCUT2D eigenvalue weighted by Gasteiger charge is 2.29. The zero-order chi connectivity index (χ0) is 19.5. The minimum atomic E-state index is 0.0141. The summed E-state index contributed by atoms with van der Waals surface area (Å²) < 4.78 is 10.3. The number of hydrogen-bond acceptors (Lipinski definition) is 4. The van der Waals surface area contributed by atoms with Crippen LogP contribution in [0.5, 0.6) is 5.75 Å². The Balaban J connectivity index is 1.66. The number of amides is 2. The maximum atomic E-state index is 12.4. The van der Waals surface area contributed by atoms with Crippen LogP contribution in [0, 0.1) is 11.8 Å². The van der Waals surface area contributed by atoms with Gasteiger partial charge in [0.2, 0.25) is 11.8 Å². The largest absolute Gasteiger partial charge is 0.496 e. The highest BCUT2D eigenvalue weighted by Crippen LogP contribution is 2.29. The van der Waals surface area contributed by atoms with E-state index in [0.29, 0.717) is 19.7 Å². The van der Waals surface area contributed by atoms with Crippen LogP contribution in [0.3, 0.4) is 0 Å². The Hall–Kier alpha value is -2.08. The molecule has 1 fully saturated rings. The van der Waals surface area contributed by atoms with Crippen LogP contribution in [-0.2, 0) is 20.7 Å². The molecule has 0 bridgehead atoms. The molecule has 0 spiro atoms. The van der Waals surface area contributed by atoms with Crippen LogP contribution in [0.15, 0.2) is 24.3 Å². The van der Waals surface area contributed by atoms with Crippen LogP contribution in [-0.4, -0.2) is 45.7 Å². The van der Waals surface area contributed by atoms with Crippen molar-refractivity contribution in [2.24, 2.45) is 11.8 Å². The van der Waals surface area contributed by atoms with E-state index in [9.17, 15) is 9.59 Å². The summed E-state index contributed by atoms with van der Waals surface area (Å²) in [5.41, 5.74) is 1.09. The summed E-state index contributed by atoms with van der Waals surface area (Å²) in [6.07, 6.45) is 4.68. The van der Waals surface area contributed by atoms with Gasteiger partial charge in [0.05, 0.1) is 7.11 Å². The van der Waals surface area contributed by atoms with E-state index in [1.807, 2.05) is 24.3 Å². The summed E-state index contributed by atoms with van der Waals surface area (Å²) in [7, 11) is 3.31. The third-order valence-corrected chi connectivity index (χ3v) is 5.18. The van der Waals surface area contributed by atoms with E-state index in [4.69, 9.17) is 9.47 Å². The van der Waals surface area contributed by atoms with Crippen LogP contribution in [0.25, 0.3) is 0 Å². The van der Waals surface area contributed by atoms with Gasteiger partial charge in [-0.15, -0.1) is 0 Å². The third-order valence-electron chi connectivity index (χ3n) is 5.18. The van der Waals surface area contributed by atoms with Gasteiger partial charge in [-0.2, -0.15) is 0 Å². The Bertz CT molecular complexity index is 598. The smallest absolute Gasteiger partial charge is 0.223 e. The molecule has 2 N–H and O–H groups in total. The number of rotatable bonds is 10. The standard InChI is InChI=1S/C21H32N2O4/c1-26-15-5-13-22-20(24)17-8-10-18(11-9-17)21(25)23-14-12-16-6-3-4-7-19(16)27-2/h3-4,6-7,17-18H,5,8-15H2,1-2H3,(H,22,24)(H,23,25). The number of benzene rings is 1. The highest BCUT2D eigenvalue weighted by molar-refractivity contribution is 5.81. The Kier molecular flexibility index (Phi) is 9.11. The van der Waals surface area contributed by atoms with Crippen molar-refractivity contribution in [2.75, 3.05) is 33.9 Å². The molecule has 1 aromatic rings. The van der Waals surface area contributed by atoms with E-state index >= 15 is 0 Å². The molecule has 0 unspecified atom stereocenters.